The van der Waals surface area contributed by atoms with Crippen LogP contribution in [0.15, 0.2) is 42.5 Å². The van der Waals surface area contributed by atoms with Crippen LogP contribution < -0.4 is 19.1 Å². The second kappa shape index (κ2) is 13.5. The number of methoxy groups -OCH3 is 2. The number of benzene rings is 2. The van der Waals surface area contributed by atoms with Crippen LogP contribution in [0.1, 0.15) is 32.8 Å². The topological polar surface area (TPSA) is 105 Å². The number of hydrogen-bond acceptors (Lipinski definition) is 6. The van der Waals surface area contributed by atoms with E-state index in [1.807, 2.05) is 13.8 Å². The number of nitrogens with zero attached hydrogens (tertiary/aromatic N) is 2. The number of rotatable bonds is 13. The Morgan fingerprint density at radius 3 is 2.22 bits per heavy atom. The molecule has 0 aliphatic heterocycles. The first-order valence-corrected chi connectivity index (χ1v) is 14.1. The SMILES string of the molecule is CC[C@@H](C(=O)NCC(C)C)N(Cc1ccc(Cl)cc1)C(=O)CN(c1cc(OC)ccc1OC)S(C)(=O)=O. The average Bonchev–Trinajstić information content (AvgIpc) is 2.85. The van der Waals surface area contributed by atoms with E-state index in [9.17, 15) is 18.0 Å². The number of carbonyl (C=O) groups excluding carboxylic acids is 2. The van der Waals surface area contributed by atoms with Gasteiger partial charge in [0, 0.05) is 24.2 Å². The zero-order chi connectivity index (χ0) is 27.8. The summed E-state index contributed by atoms with van der Waals surface area (Å²) in [5.41, 5.74) is 0.902. The van der Waals surface area contributed by atoms with Crippen LogP contribution in [-0.2, 0) is 26.2 Å². The first-order valence-electron chi connectivity index (χ1n) is 11.9. The Morgan fingerprint density at radius 2 is 1.70 bits per heavy atom. The van der Waals surface area contributed by atoms with Crippen molar-refractivity contribution in [1.29, 1.82) is 0 Å². The molecule has 2 aromatic rings. The van der Waals surface area contributed by atoms with E-state index in [-0.39, 0.29) is 29.8 Å². The highest BCUT2D eigenvalue weighted by molar-refractivity contribution is 7.92. The lowest BCUT2D eigenvalue weighted by atomic mass is 10.1. The van der Waals surface area contributed by atoms with Crippen molar-refractivity contribution in [2.45, 2.75) is 39.8 Å². The predicted octanol–water partition coefficient (Wildman–Crippen LogP) is 3.70. The molecule has 0 spiro atoms. The molecule has 0 heterocycles. The predicted molar refractivity (Wildman–Crippen MR) is 146 cm³/mol. The quantitative estimate of drug-likeness (QED) is 0.405. The number of ether oxygens (including phenoxy) is 2. The molecule has 0 aliphatic carbocycles. The lowest BCUT2D eigenvalue weighted by Gasteiger charge is -2.33. The first-order chi connectivity index (χ1) is 17.4. The summed E-state index contributed by atoms with van der Waals surface area (Å²) in [6.07, 6.45) is 1.35. The fraction of sp³-hybridized carbons (Fsp3) is 0.462. The zero-order valence-electron chi connectivity index (χ0n) is 22.2. The van der Waals surface area contributed by atoms with Crippen molar-refractivity contribution in [3.8, 4) is 11.5 Å². The number of nitrogens with one attached hydrogen (secondary N) is 1. The summed E-state index contributed by atoms with van der Waals surface area (Å²) in [5.74, 6) is 0.0303. The van der Waals surface area contributed by atoms with Crippen LogP contribution in [-0.4, -0.2) is 64.7 Å². The summed E-state index contributed by atoms with van der Waals surface area (Å²) in [7, 11) is -1.06. The van der Waals surface area contributed by atoms with Gasteiger partial charge in [-0.1, -0.05) is 44.5 Å². The Labute approximate surface area is 224 Å². The molecule has 0 radical (unpaired) electrons. The smallest absolute Gasteiger partial charge is 0.244 e. The van der Waals surface area contributed by atoms with E-state index < -0.39 is 28.5 Å². The second-order valence-electron chi connectivity index (χ2n) is 9.02. The van der Waals surface area contributed by atoms with Crippen molar-refractivity contribution in [2.24, 2.45) is 5.92 Å². The van der Waals surface area contributed by atoms with Gasteiger partial charge in [-0.2, -0.15) is 0 Å². The number of halogens is 1. The van der Waals surface area contributed by atoms with Crippen molar-refractivity contribution in [3.05, 3.63) is 53.1 Å². The molecule has 9 nitrogen and oxygen atoms in total. The van der Waals surface area contributed by atoms with Crippen molar-refractivity contribution in [2.75, 3.05) is 37.9 Å². The minimum Gasteiger partial charge on any atom is -0.497 e. The van der Waals surface area contributed by atoms with E-state index in [1.165, 1.54) is 25.2 Å². The standard InChI is InChI=1S/C26H36ClN3O6S/c1-7-22(26(32)28-15-18(2)3)29(16-19-8-10-20(27)11-9-19)25(31)17-30(37(6,33)34)23-14-21(35-4)12-13-24(23)36-5/h8-14,18,22H,7,15-17H2,1-6H3,(H,28,32)/t22-/m0/s1. The molecule has 11 heteroatoms. The zero-order valence-corrected chi connectivity index (χ0v) is 23.7. The molecule has 2 aromatic carbocycles. The number of hydrogen-bond donors (Lipinski definition) is 1. The third-order valence-electron chi connectivity index (χ3n) is 5.67. The molecule has 0 aliphatic rings. The lowest BCUT2D eigenvalue weighted by Crippen LogP contribution is -2.52. The van der Waals surface area contributed by atoms with Gasteiger partial charge in [0.05, 0.1) is 26.2 Å². The van der Waals surface area contributed by atoms with Crippen molar-refractivity contribution >= 4 is 39.1 Å². The van der Waals surface area contributed by atoms with E-state index in [0.717, 1.165) is 16.1 Å². The lowest BCUT2D eigenvalue weighted by molar-refractivity contribution is -0.140. The van der Waals surface area contributed by atoms with Crippen LogP contribution in [0.2, 0.25) is 5.02 Å². The minimum atomic E-state index is -3.92. The molecule has 37 heavy (non-hydrogen) atoms. The van der Waals surface area contributed by atoms with Crippen LogP contribution in [0.3, 0.4) is 0 Å². The van der Waals surface area contributed by atoms with Gasteiger partial charge < -0.3 is 19.7 Å². The summed E-state index contributed by atoms with van der Waals surface area (Å²) in [4.78, 5) is 28.3. The maximum Gasteiger partial charge on any atom is 0.244 e. The summed E-state index contributed by atoms with van der Waals surface area (Å²) in [5, 5.41) is 3.43. The molecule has 204 valence electrons. The van der Waals surface area contributed by atoms with Gasteiger partial charge in [-0.3, -0.25) is 13.9 Å². The maximum atomic E-state index is 13.8. The Hall–Kier alpha value is -2.98. The van der Waals surface area contributed by atoms with Gasteiger partial charge in [0.15, 0.2) is 0 Å². The largest absolute Gasteiger partial charge is 0.497 e. The highest BCUT2D eigenvalue weighted by Gasteiger charge is 2.32. The molecular weight excluding hydrogens is 518 g/mol. The van der Waals surface area contributed by atoms with Crippen molar-refractivity contribution < 1.29 is 27.5 Å². The molecule has 0 fully saturated rings. The highest BCUT2D eigenvalue weighted by atomic mass is 35.5. The molecule has 0 bridgehead atoms. The van der Waals surface area contributed by atoms with Gasteiger partial charge in [-0.15, -0.1) is 0 Å². The van der Waals surface area contributed by atoms with Crippen LogP contribution in [0.25, 0.3) is 0 Å². The molecule has 1 atom stereocenters. The van der Waals surface area contributed by atoms with E-state index in [4.69, 9.17) is 21.1 Å². The first kappa shape index (κ1) is 30.2. The second-order valence-corrected chi connectivity index (χ2v) is 11.4. The molecule has 1 N–H and O–H groups in total. The van der Waals surface area contributed by atoms with Crippen LogP contribution in [0, 0.1) is 5.92 Å². The van der Waals surface area contributed by atoms with Gasteiger partial charge in [-0.25, -0.2) is 8.42 Å². The van der Waals surface area contributed by atoms with E-state index in [2.05, 4.69) is 5.32 Å². The molecule has 2 amide bonds. The minimum absolute atomic E-state index is 0.0937. The van der Waals surface area contributed by atoms with Crippen molar-refractivity contribution in [3.63, 3.8) is 0 Å². The van der Waals surface area contributed by atoms with E-state index in [0.29, 0.717) is 23.7 Å². The Kier molecular flexibility index (Phi) is 11.1. The summed E-state index contributed by atoms with van der Waals surface area (Å²) in [6.45, 7) is 5.77. The number of sulfonamides is 1. The number of carbonyl (C=O) groups is 2. The van der Waals surface area contributed by atoms with E-state index >= 15 is 0 Å². The highest BCUT2D eigenvalue weighted by Crippen LogP contribution is 2.34. The summed E-state index contributed by atoms with van der Waals surface area (Å²) < 4.78 is 37.3. The third kappa shape index (κ3) is 8.53. The number of amides is 2. The van der Waals surface area contributed by atoms with Crippen LogP contribution >= 0.6 is 11.6 Å². The monoisotopic (exact) mass is 553 g/mol. The van der Waals surface area contributed by atoms with E-state index in [1.54, 1.807) is 43.3 Å². The molecule has 0 unspecified atom stereocenters. The van der Waals surface area contributed by atoms with Gasteiger partial charge in [0.25, 0.3) is 0 Å². The Balaban J connectivity index is 2.50. The Bertz CT molecular complexity index is 1170. The van der Waals surface area contributed by atoms with Crippen LogP contribution in [0.4, 0.5) is 5.69 Å². The molecule has 2 rings (SSSR count). The van der Waals surface area contributed by atoms with Gasteiger partial charge >= 0.3 is 0 Å². The molecule has 0 saturated carbocycles. The summed E-state index contributed by atoms with van der Waals surface area (Å²) >= 11 is 6.02. The van der Waals surface area contributed by atoms with Crippen LogP contribution in [0.5, 0.6) is 11.5 Å². The van der Waals surface area contributed by atoms with Gasteiger partial charge in [-0.05, 0) is 42.2 Å². The molecule has 0 saturated heterocycles. The summed E-state index contributed by atoms with van der Waals surface area (Å²) in [6, 6.07) is 10.8. The molecule has 0 aromatic heterocycles. The number of anilines is 1. The van der Waals surface area contributed by atoms with Gasteiger partial charge in [0.2, 0.25) is 21.8 Å². The average molecular weight is 554 g/mol. The fourth-order valence-corrected chi connectivity index (χ4v) is 4.69. The third-order valence-corrected chi connectivity index (χ3v) is 7.05. The molecular formula is C26H36ClN3O6S. The van der Waals surface area contributed by atoms with Crippen molar-refractivity contribution in [1.82, 2.24) is 10.2 Å². The Morgan fingerprint density at radius 1 is 1.05 bits per heavy atom. The fourth-order valence-electron chi connectivity index (χ4n) is 3.71. The normalized spacial score (nSPS) is 12.1. The van der Waals surface area contributed by atoms with Gasteiger partial charge in [0.1, 0.15) is 24.1 Å². The maximum absolute atomic E-state index is 13.8.